The van der Waals surface area contributed by atoms with Gasteiger partial charge >= 0.3 is 11.9 Å². The number of hydrogen-bond acceptors (Lipinski definition) is 5. The van der Waals surface area contributed by atoms with Crippen molar-refractivity contribution in [3.63, 3.8) is 0 Å². The van der Waals surface area contributed by atoms with Crippen LogP contribution in [0.5, 0.6) is 0 Å². The Morgan fingerprint density at radius 2 is 1.76 bits per heavy atom. The number of imidazole rings is 1. The van der Waals surface area contributed by atoms with E-state index in [4.69, 9.17) is 0 Å². The van der Waals surface area contributed by atoms with E-state index < -0.39 is 24.6 Å². The van der Waals surface area contributed by atoms with E-state index in [0.717, 1.165) is 22.0 Å². The van der Waals surface area contributed by atoms with Crippen LogP contribution in [0.15, 0.2) is 71.9 Å². The van der Waals surface area contributed by atoms with Gasteiger partial charge in [0.25, 0.3) is 0 Å². The van der Waals surface area contributed by atoms with Gasteiger partial charge in [-0.05, 0) is 29.8 Å². The van der Waals surface area contributed by atoms with Gasteiger partial charge in [0.05, 0.1) is 47.7 Å². The van der Waals surface area contributed by atoms with E-state index >= 15 is 0 Å². The van der Waals surface area contributed by atoms with Gasteiger partial charge in [0.1, 0.15) is 6.23 Å². The summed E-state index contributed by atoms with van der Waals surface area (Å²) in [7, 11) is 0. The van der Waals surface area contributed by atoms with Gasteiger partial charge < -0.3 is 5.11 Å². The number of para-hydroxylation sites is 2. The number of aliphatic hydroxyl groups is 1. The van der Waals surface area contributed by atoms with Crippen LogP contribution in [-0.4, -0.2) is 48.4 Å². The van der Waals surface area contributed by atoms with Crippen LogP contribution < -0.4 is 11.0 Å². The minimum atomic E-state index is -4.47. The molecule has 0 saturated carbocycles. The maximum atomic E-state index is 13.3. The fourth-order valence-electron chi connectivity index (χ4n) is 3.99. The molecular formula is C23H19F3N6O2. The molecule has 0 radical (unpaired) electrons. The maximum absolute atomic E-state index is 13.3. The lowest BCUT2D eigenvalue weighted by Gasteiger charge is -2.15. The third-order valence-corrected chi connectivity index (χ3v) is 5.53. The molecule has 1 unspecified atom stereocenters. The molecule has 174 valence electrons. The van der Waals surface area contributed by atoms with Crippen molar-refractivity contribution in [1.29, 1.82) is 0 Å². The Hall–Kier alpha value is -3.96. The van der Waals surface area contributed by atoms with Gasteiger partial charge in [0.2, 0.25) is 0 Å². The van der Waals surface area contributed by atoms with Gasteiger partial charge in [0, 0.05) is 17.1 Å². The average molecular weight is 468 g/mol. The molecule has 3 aromatic heterocycles. The van der Waals surface area contributed by atoms with Crippen molar-refractivity contribution in [2.24, 2.45) is 0 Å². The smallest absolute Gasteiger partial charge is 0.377 e. The molecular weight excluding hydrogens is 449 g/mol. The zero-order valence-corrected chi connectivity index (χ0v) is 17.6. The van der Waals surface area contributed by atoms with E-state index in [1.807, 2.05) is 17.4 Å². The highest BCUT2D eigenvalue weighted by atomic mass is 19.4. The molecule has 5 rings (SSSR count). The summed E-state index contributed by atoms with van der Waals surface area (Å²) in [5, 5.41) is 19.9. The van der Waals surface area contributed by atoms with Crippen molar-refractivity contribution in [2.75, 3.05) is 6.54 Å². The highest BCUT2D eigenvalue weighted by molar-refractivity contribution is 5.93. The van der Waals surface area contributed by atoms with Crippen molar-refractivity contribution >= 4 is 21.9 Å². The Morgan fingerprint density at radius 1 is 1.03 bits per heavy atom. The number of aromatic nitrogens is 5. The molecule has 0 fully saturated rings. The Kier molecular flexibility index (Phi) is 5.42. The molecule has 11 heteroatoms. The van der Waals surface area contributed by atoms with Crippen LogP contribution in [0.1, 0.15) is 0 Å². The fraction of sp³-hybridized carbons (Fsp3) is 0.174. The maximum Gasteiger partial charge on any atom is 0.401 e. The summed E-state index contributed by atoms with van der Waals surface area (Å²) in [6.45, 7) is -1.70. The summed E-state index contributed by atoms with van der Waals surface area (Å²) >= 11 is 0. The summed E-state index contributed by atoms with van der Waals surface area (Å²) in [4.78, 5) is 17.5. The van der Waals surface area contributed by atoms with Crippen molar-refractivity contribution in [1.82, 2.24) is 29.6 Å². The minimum absolute atomic E-state index is 0.339. The fourth-order valence-corrected chi connectivity index (χ4v) is 3.99. The molecule has 5 aromatic rings. The van der Waals surface area contributed by atoms with Crippen LogP contribution in [0.2, 0.25) is 0 Å². The van der Waals surface area contributed by atoms with Gasteiger partial charge in [-0.2, -0.15) is 18.3 Å². The third kappa shape index (κ3) is 4.06. The second-order valence-corrected chi connectivity index (χ2v) is 7.79. The lowest BCUT2D eigenvalue weighted by molar-refractivity contribution is -0.131. The van der Waals surface area contributed by atoms with Gasteiger partial charge in [-0.15, -0.1) is 0 Å². The van der Waals surface area contributed by atoms with E-state index in [9.17, 15) is 23.1 Å². The summed E-state index contributed by atoms with van der Waals surface area (Å²) in [6.07, 6.45) is -0.884. The number of H-pyrrole nitrogens is 1. The van der Waals surface area contributed by atoms with Crippen LogP contribution in [0.25, 0.3) is 38.8 Å². The zero-order valence-electron chi connectivity index (χ0n) is 17.6. The van der Waals surface area contributed by atoms with Crippen molar-refractivity contribution in [2.45, 2.75) is 18.9 Å². The predicted molar refractivity (Wildman–Crippen MR) is 120 cm³/mol. The molecule has 0 amide bonds. The molecule has 34 heavy (non-hydrogen) atoms. The second kappa shape index (κ2) is 8.43. The SMILES string of the molecule is O=c1n(CC(O)NCC(F)(F)F)c2ccccc2n1-c1ccc(-c2cncc3[nH]ncc23)cc1. The quantitative estimate of drug-likeness (QED) is 0.333. The third-order valence-electron chi connectivity index (χ3n) is 5.53. The van der Waals surface area contributed by atoms with Crippen molar-refractivity contribution in [3.05, 3.63) is 77.6 Å². The first-order valence-electron chi connectivity index (χ1n) is 10.4. The molecule has 0 aliphatic carbocycles. The number of rotatable bonds is 6. The van der Waals surface area contributed by atoms with Gasteiger partial charge in [-0.3, -0.25) is 24.5 Å². The molecule has 0 aliphatic rings. The number of nitrogens with zero attached hydrogens (tertiary/aromatic N) is 4. The molecule has 1 atom stereocenters. The molecule has 3 heterocycles. The number of aromatic amines is 1. The number of halogens is 3. The monoisotopic (exact) mass is 468 g/mol. The summed E-state index contributed by atoms with van der Waals surface area (Å²) < 4.78 is 40.2. The first kappa shape index (κ1) is 21.9. The Morgan fingerprint density at radius 3 is 2.50 bits per heavy atom. The number of alkyl halides is 3. The lowest BCUT2D eigenvalue weighted by Crippen LogP contribution is -2.41. The number of nitrogens with one attached hydrogen (secondary N) is 2. The normalized spacial score (nSPS) is 13.1. The summed E-state index contributed by atoms with van der Waals surface area (Å²) in [5.41, 5.74) is 3.74. The average Bonchev–Trinajstić information content (AvgIpc) is 3.40. The highest BCUT2D eigenvalue weighted by Crippen LogP contribution is 2.28. The Labute approximate surface area is 190 Å². The number of fused-ring (bicyclic) bond motifs is 2. The first-order chi connectivity index (χ1) is 16.3. The van der Waals surface area contributed by atoms with E-state index in [-0.39, 0.29) is 6.54 Å². The molecule has 8 nitrogen and oxygen atoms in total. The van der Waals surface area contributed by atoms with Gasteiger partial charge in [0.15, 0.2) is 0 Å². The number of hydrogen-bond donors (Lipinski definition) is 3. The van der Waals surface area contributed by atoms with Crippen molar-refractivity contribution < 1.29 is 18.3 Å². The van der Waals surface area contributed by atoms with Crippen LogP contribution in [-0.2, 0) is 6.54 Å². The number of pyridine rings is 1. The molecule has 2 aromatic carbocycles. The highest BCUT2D eigenvalue weighted by Gasteiger charge is 2.28. The summed E-state index contributed by atoms with van der Waals surface area (Å²) in [5.74, 6) is 0. The second-order valence-electron chi connectivity index (χ2n) is 7.79. The molecule has 0 spiro atoms. The standard InChI is InChI=1S/C23H19F3N6O2/c24-23(25,26)13-28-21(33)12-31-19-3-1-2-4-20(19)32(22(31)34)15-7-5-14(6-8-15)16-9-27-11-18-17(16)10-29-30-18/h1-11,21,28,33H,12-13H2,(H,29,30). The van der Waals surface area contributed by atoms with Crippen LogP contribution in [0.3, 0.4) is 0 Å². The van der Waals surface area contributed by atoms with Gasteiger partial charge in [-0.1, -0.05) is 24.3 Å². The molecule has 0 aliphatic heterocycles. The van der Waals surface area contributed by atoms with E-state index in [1.54, 1.807) is 55.0 Å². The first-order valence-corrected chi connectivity index (χ1v) is 10.4. The molecule has 0 bridgehead atoms. The molecule has 0 saturated heterocycles. The topological polar surface area (TPSA) is 101 Å². The van der Waals surface area contributed by atoms with Crippen LogP contribution in [0.4, 0.5) is 13.2 Å². The van der Waals surface area contributed by atoms with Crippen LogP contribution in [0, 0.1) is 0 Å². The van der Waals surface area contributed by atoms with Crippen LogP contribution >= 0.6 is 0 Å². The zero-order chi connectivity index (χ0) is 23.9. The predicted octanol–water partition coefficient (Wildman–Crippen LogP) is 3.20. The van der Waals surface area contributed by atoms with E-state index in [2.05, 4.69) is 15.2 Å². The molecule has 3 N–H and O–H groups in total. The summed E-state index contributed by atoms with van der Waals surface area (Å²) in [6, 6.07) is 14.2. The van der Waals surface area contributed by atoms with E-state index in [0.29, 0.717) is 16.7 Å². The van der Waals surface area contributed by atoms with Crippen molar-refractivity contribution in [3.8, 4) is 16.8 Å². The number of aliphatic hydroxyl groups excluding tert-OH is 1. The Bertz CT molecular complexity index is 1520. The van der Waals surface area contributed by atoms with E-state index in [1.165, 1.54) is 9.13 Å². The largest absolute Gasteiger partial charge is 0.401 e. The number of benzene rings is 2. The Balaban J connectivity index is 1.51. The van der Waals surface area contributed by atoms with Gasteiger partial charge in [-0.25, -0.2) is 4.79 Å². The lowest BCUT2D eigenvalue weighted by atomic mass is 10.0. The minimum Gasteiger partial charge on any atom is -0.377 e.